The molecule has 0 bridgehead atoms. The van der Waals surface area contributed by atoms with Crippen molar-refractivity contribution in [1.29, 1.82) is 0 Å². The maximum atomic E-state index is 10.4. The standard InChI is InChI=1S/C16H31NO3/c1-13(2)9-11(10-14(3,4)17(13)18)12-19-15(5,6)16(7,8)20-12/h11-12,18H,9-10H2,1-8H3. The largest absolute Gasteiger partial charge is 0.343 e. The molecule has 2 aliphatic heterocycles. The molecule has 4 heteroatoms. The van der Waals surface area contributed by atoms with Crippen molar-refractivity contribution in [3.05, 3.63) is 0 Å². The first kappa shape index (κ1) is 16.2. The molecule has 0 radical (unpaired) electrons. The lowest BCUT2D eigenvalue weighted by atomic mass is 9.75. The Hall–Kier alpha value is -0.160. The quantitative estimate of drug-likeness (QED) is 0.799. The summed E-state index contributed by atoms with van der Waals surface area (Å²) in [7, 11) is 0. The second-order valence-electron chi connectivity index (χ2n) is 8.73. The molecule has 4 nitrogen and oxygen atoms in total. The average Bonchev–Trinajstić information content (AvgIpc) is 2.44. The van der Waals surface area contributed by atoms with Crippen LogP contribution in [-0.2, 0) is 9.47 Å². The molecule has 2 saturated heterocycles. The third-order valence-corrected chi connectivity index (χ3v) is 5.33. The SMILES string of the molecule is CC1(C)CC(C2OC(C)(C)C(C)(C)O2)CC(C)(C)N1O. The topological polar surface area (TPSA) is 41.9 Å². The van der Waals surface area contributed by atoms with E-state index in [4.69, 9.17) is 9.47 Å². The van der Waals surface area contributed by atoms with Crippen LogP contribution in [0.25, 0.3) is 0 Å². The van der Waals surface area contributed by atoms with Gasteiger partial charge in [-0.1, -0.05) is 0 Å². The summed E-state index contributed by atoms with van der Waals surface area (Å²) in [6.07, 6.45) is 1.54. The molecule has 0 aromatic rings. The number of hydroxylamine groups is 2. The van der Waals surface area contributed by atoms with Gasteiger partial charge in [0.2, 0.25) is 0 Å². The van der Waals surface area contributed by atoms with Crippen LogP contribution in [0.3, 0.4) is 0 Å². The van der Waals surface area contributed by atoms with E-state index in [-0.39, 0.29) is 28.6 Å². The molecule has 0 saturated carbocycles. The van der Waals surface area contributed by atoms with Crippen molar-refractivity contribution in [2.45, 2.75) is 96.8 Å². The van der Waals surface area contributed by atoms with E-state index in [2.05, 4.69) is 55.4 Å². The van der Waals surface area contributed by atoms with Crippen molar-refractivity contribution < 1.29 is 14.7 Å². The maximum absolute atomic E-state index is 10.4. The van der Waals surface area contributed by atoms with E-state index in [0.29, 0.717) is 5.92 Å². The molecule has 2 fully saturated rings. The molecular weight excluding hydrogens is 254 g/mol. The zero-order chi connectivity index (χ0) is 15.6. The van der Waals surface area contributed by atoms with Gasteiger partial charge in [-0.05, 0) is 68.2 Å². The summed E-state index contributed by atoms with van der Waals surface area (Å²) in [4.78, 5) is 0. The van der Waals surface area contributed by atoms with E-state index in [1.807, 2.05) is 0 Å². The smallest absolute Gasteiger partial charge is 0.162 e. The van der Waals surface area contributed by atoms with Gasteiger partial charge in [0.1, 0.15) is 0 Å². The number of ether oxygens (including phenoxy) is 2. The number of hydrogen-bond donors (Lipinski definition) is 1. The van der Waals surface area contributed by atoms with Crippen LogP contribution in [-0.4, -0.2) is 38.8 Å². The highest BCUT2D eigenvalue weighted by atomic mass is 16.7. The van der Waals surface area contributed by atoms with Crippen LogP contribution in [0, 0.1) is 5.92 Å². The van der Waals surface area contributed by atoms with Gasteiger partial charge in [0, 0.05) is 17.0 Å². The normalized spacial score (nSPS) is 33.5. The van der Waals surface area contributed by atoms with Gasteiger partial charge in [0.15, 0.2) is 6.29 Å². The fourth-order valence-corrected chi connectivity index (χ4v) is 3.62. The highest BCUT2D eigenvalue weighted by Crippen LogP contribution is 2.47. The highest BCUT2D eigenvalue weighted by molar-refractivity contribution is 5.01. The first-order valence-corrected chi connectivity index (χ1v) is 7.63. The minimum atomic E-state index is -0.289. The third-order valence-electron chi connectivity index (χ3n) is 5.33. The molecule has 0 aromatic heterocycles. The van der Waals surface area contributed by atoms with Crippen LogP contribution in [0.4, 0.5) is 0 Å². The summed E-state index contributed by atoms with van der Waals surface area (Å²) in [5.41, 5.74) is -1.11. The minimum Gasteiger partial charge on any atom is -0.343 e. The summed E-state index contributed by atoms with van der Waals surface area (Å²) in [6.45, 7) is 16.7. The molecule has 0 unspecified atom stereocenters. The highest BCUT2D eigenvalue weighted by Gasteiger charge is 2.55. The molecule has 2 aliphatic rings. The Morgan fingerprint density at radius 3 is 1.50 bits per heavy atom. The van der Waals surface area contributed by atoms with E-state index in [9.17, 15) is 5.21 Å². The molecule has 0 aromatic carbocycles. The summed E-state index contributed by atoms with van der Waals surface area (Å²) in [5.74, 6) is 0.296. The second-order valence-corrected chi connectivity index (χ2v) is 8.73. The lowest BCUT2D eigenvalue weighted by Gasteiger charge is -2.52. The van der Waals surface area contributed by atoms with E-state index < -0.39 is 0 Å². The number of rotatable bonds is 1. The van der Waals surface area contributed by atoms with Crippen LogP contribution >= 0.6 is 0 Å². The Bertz CT molecular complexity index is 353. The fourth-order valence-electron chi connectivity index (χ4n) is 3.62. The van der Waals surface area contributed by atoms with Crippen molar-refractivity contribution in [2.24, 2.45) is 5.92 Å². The van der Waals surface area contributed by atoms with Crippen molar-refractivity contribution in [3.8, 4) is 0 Å². The average molecular weight is 285 g/mol. The molecular formula is C16H31NO3. The predicted octanol–water partition coefficient (Wildman–Crippen LogP) is 3.57. The Morgan fingerprint density at radius 2 is 1.15 bits per heavy atom. The van der Waals surface area contributed by atoms with Crippen LogP contribution < -0.4 is 0 Å². The monoisotopic (exact) mass is 285 g/mol. The molecule has 0 spiro atoms. The molecule has 2 heterocycles. The molecule has 118 valence electrons. The summed E-state index contributed by atoms with van der Waals surface area (Å²) < 4.78 is 12.4. The van der Waals surface area contributed by atoms with Crippen LogP contribution in [0.2, 0.25) is 0 Å². The van der Waals surface area contributed by atoms with E-state index in [1.165, 1.54) is 5.06 Å². The zero-order valence-corrected chi connectivity index (χ0v) is 14.3. The molecule has 0 atom stereocenters. The fraction of sp³-hybridized carbons (Fsp3) is 1.00. The van der Waals surface area contributed by atoms with Crippen molar-refractivity contribution in [3.63, 3.8) is 0 Å². The van der Waals surface area contributed by atoms with Gasteiger partial charge in [-0.15, -0.1) is 0 Å². The van der Waals surface area contributed by atoms with Crippen molar-refractivity contribution in [2.75, 3.05) is 0 Å². The number of piperidine rings is 1. The Morgan fingerprint density at radius 1 is 0.800 bits per heavy atom. The van der Waals surface area contributed by atoms with E-state index in [1.54, 1.807) is 0 Å². The summed E-state index contributed by atoms with van der Waals surface area (Å²) in [6, 6.07) is 0. The van der Waals surface area contributed by atoms with Gasteiger partial charge in [-0.3, -0.25) is 0 Å². The summed E-state index contributed by atoms with van der Waals surface area (Å²) in [5, 5.41) is 11.9. The first-order chi connectivity index (χ1) is 8.79. The predicted molar refractivity (Wildman–Crippen MR) is 78.6 cm³/mol. The molecule has 1 N–H and O–H groups in total. The van der Waals surface area contributed by atoms with Gasteiger partial charge in [-0.2, -0.15) is 5.06 Å². The van der Waals surface area contributed by atoms with Crippen LogP contribution in [0.1, 0.15) is 68.2 Å². The third kappa shape index (κ3) is 2.52. The molecule has 20 heavy (non-hydrogen) atoms. The van der Waals surface area contributed by atoms with E-state index >= 15 is 0 Å². The van der Waals surface area contributed by atoms with Crippen LogP contribution in [0.5, 0.6) is 0 Å². The lowest BCUT2D eigenvalue weighted by molar-refractivity contribution is -0.268. The lowest BCUT2D eigenvalue weighted by Crippen LogP contribution is -2.60. The van der Waals surface area contributed by atoms with Crippen LogP contribution in [0.15, 0.2) is 0 Å². The number of hydrogen-bond acceptors (Lipinski definition) is 4. The molecule has 2 rings (SSSR count). The van der Waals surface area contributed by atoms with Crippen molar-refractivity contribution in [1.82, 2.24) is 5.06 Å². The molecule has 0 aliphatic carbocycles. The van der Waals surface area contributed by atoms with Gasteiger partial charge in [0.05, 0.1) is 11.2 Å². The van der Waals surface area contributed by atoms with Gasteiger partial charge in [-0.25, -0.2) is 0 Å². The van der Waals surface area contributed by atoms with Crippen molar-refractivity contribution >= 4 is 0 Å². The Labute approximate surface area is 123 Å². The second kappa shape index (κ2) is 4.42. The maximum Gasteiger partial charge on any atom is 0.162 e. The van der Waals surface area contributed by atoms with Gasteiger partial charge < -0.3 is 14.7 Å². The Balaban J connectivity index is 2.20. The minimum absolute atomic E-state index is 0.188. The van der Waals surface area contributed by atoms with Gasteiger partial charge in [0.25, 0.3) is 0 Å². The molecule has 0 amide bonds. The number of nitrogens with zero attached hydrogens (tertiary/aromatic N) is 1. The van der Waals surface area contributed by atoms with Gasteiger partial charge >= 0.3 is 0 Å². The first-order valence-electron chi connectivity index (χ1n) is 7.63. The van der Waals surface area contributed by atoms with E-state index in [0.717, 1.165) is 12.8 Å². The zero-order valence-electron chi connectivity index (χ0n) is 14.3. The Kier molecular flexibility index (Phi) is 3.58. The summed E-state index contributed by atoms with van der Waals surface area (Å²) >= 11 is 0.